The largest absolute Gasteiger partial charge is 0.379 e. The van der Waals surface area contributed by atoms with E-state index in [9.17, 15) is 17.6 Å². The summed E-state index contributed by atoms with van der Waals surface area (Å²) in [6.07, 6.45) is 0. The van der Waals surface area contributed by atoms with Crippen molar-refractivity contribution in [2.75, 3.05) is 31.1 Å². The summed E-state index contributed by atoms with van der Waals surface area (Å²) in [4.78, 5) is 14.8. The van der Waals surface area contributed by atoms with Crippen LogP contribution in [0.2, 0.25) is 0 Å². The minimum atomic E-state index is -4.25. The first-order valence-corrected chi connectivity index (χ1v) is 9.98. The van der Waals surface area contributed by atoms with E-state index in [4.69, 9.17) is 4.18 Å². The Hall–Kier alpha value is -2.61. The van der Waals surface area contributed by atoms with Crippen molar-refractivity contribution in [3.63, 3.8) is 0 Å². The van der Waals surface area contributed by atoms with Crippen LogP contribution in [0, 0.1) is 12.7 Å². The SMILES string of the molecule is CC(=O)N1CCN(c2ccc(OS(=O)(=O)c3cc(C)ccc3F)cc2)CC1. The molecule has 0 N–H and O–H groups in total. The summed E-state index contributed by atoms with van der Waals surface area (Å²) in [5.41, 5.74) is 1.53. The van der Waals surface area contributed by atoms with Crippen LogP contribution in [-0.4, -0.2) is 45.4 Å². The van der Waals surface area contributed by atoms with Gasteiger partial charge in [0, 0.05) is 38.8 Å². The summed E-state index contributed by atoms with van der Waals surface area (Å²) in [5.74, 6) is -0.672. The molecule has 2 aromatic carbocycles. The lowest BCUT2D eigenvalue weighted by molar-refractivity contribution is -0.129. The van der Waals surface area contributed by atoms with Crippen LogP contribution in [0.4, 0.5) is 10.1 Å². The fraction of sp³-hybridized carbons (Fsp3) is 0.316. The first-order chi connectivity index (χ1) is 12.8. The number of carbonyl (C=O) groups excluding carboxylic acids is 1. The summed E-state index contributed by atoms with van der Waals surface area (Å²) in [6, 6.07) is 10.4. The number of nitrogens with zero attached hydrogens (tertiary/aromatic N) is 2. The first-order valence-electron chi connectivity index (χ1n) is 8.57. The van der Waals surface area contributed by atoms with Crippen molar-refractivity contribution in [3.8, 4) is 5.75 Å². The molecular weight excluding hydrogens is 371 g/mol. The summed E-state index contributed by atoms with van der Waals surface area (Å²) in [5, 5.41) is 0. The Morgan fingerprint density at radius 2 is 1.67 bits per heavy atom. The number of benzene rings is 2. The molecule has 0 bridgehead atoms. The zero-order chi connectivity index (χ0) is 19.6. The Balaban J connectivity index is 1.71. The summed E-state index contributed by atoms with van der Waals surface area (Å²) < 4.78 is 43.6. The summed E-state index contributed by atoms with van der Waals surface area (Å²) in [7, 11) is -4.25. The van der Waals surface area contributed by atoms with Gasteiger partial charge in [-0.2, -0.15) is 8.42 Å². The van der Waals surface area contributed by atoms with Crippen LogP contribution in [0.15, 0.2) is 47.4 Å². The van der Waals surface area contributed by atoms with Gasteiger partial charge in [0.1, 0.15) is 16.5 Å². The molecule has 144 valence electrons. The van der Waals surface area contributed by atoms with Gasteiger partial charge in [0.25, 0.3) is 0 Å². The second kappa shape index (κ2) is 7.56. The zero-order valence-electron chi connectivity index (χ0n) is 15.2. The molecule has 0 aromatic heterocycles. The van der Waals surface area contributed by atoms with E-state index in [2.05, 4.69) is 4.90 Å². The van der Waals surface area contributed by atoms with Gasteiger partial charge in [-0.1, -0.05) is 6.07 Å². The lowest BCUT2D eigenvalue weighted by Crippen LogP contribution is -2.48. The number of piperazine rings is 1. The lowest BCUT2D eigenvalue weighted by Gasteiger charge is -2.35. The molecule has 1 aliphatic rings. The van der Waals surface area contributed by atoms with E-state index in [0.29, 0.717) is 31.7 Å². The molecule has 2 aromatic rings. The maximum atomic E-state index is 13.9. The topological polar surface area (TPSA) is 66.9 Å². The Bertz CT molecular complexity index is 937. The van der Waals surface area contributed by atoms with Gasteiger partial charge in [-0.3, -0.25) is 4.79 Å². The van der Waals surface area contributed by atoms with E-state index in [1.807, 2.05) is 0 Å². The standard InChI is InChI=1S/C19H21FN2O4S/c1-14-3-8-18(20)19(13-14)27(24,25)26-17-6-4-16(5-7-17)22-11-9-21(10-12-22)15(2)23/h3-8,13H,9-12H2,1-2H3. The number of hydrogen-bond donors (Lipinski definition) is 0. The fourth-order valence-corrected chi connectivity index (χ4v) is 4.06. The van der Waals surface area contributed by atoms with Crippen LogP contribution in [0.5, 0.6) is 5.75 Å². The molecule has 3 rings (SSSR count). The van der Waals surface area contributed by atoms with Gasteiger partial charge >= 0.3 is 10.1 Å². The monoisotopic (exact) mass is 392 g/mol. The van der Waals surface area contributed by atoms with Gasteiger partial charge < -0.3 is 14.0 Å². The normalized spacial score (nSPS) is 14.9. The molecular formula is C19H21FN2O4S. The van der Waals surface area contributed by atoms with Gasteiger partial charge in [-0.25, -0.2) is 4.39 Å². The minimum Gasteiger partial charge on any atom is -0.379 e. The average molecular weight is 392 g/mol. The second-order valence-electron chi connectivity index (χ2n) is 6.46. The van der Waals surface area contributed by atoms with Crippen molar-refractivity contribution >= 4 is 21.7 Å². The molecule has 0 spiro atoms. The Morgan fingerprint density at radius 1 is 1.04 bits per heavy atom. The van der Waals surface area contributed by atoms with E-state index in [-0.39, 0.29) is 11.7 Å². The molecule has 0 aliphatic carbocycles. The first kappa shape index (κ1) is 19.2. The van der Waals surface area contributed by atoms with Gasteiger partial charge in [-0.15, -0.1) is 0 Å². The van der Waals surface area contributed by atoms with E-state index >= 15 is 0 Å². The fourth-order valence-electron chi connectivity index (χ4n) is 2.97. The number of aryl methyl sites for hydroxylation is 1. The van der Waals surface area contributed by atoms with E-state index in [0.717, 1.165) is 11.8 Å². The zero-order valence-corrected chi connectivity index (χ0v) is 16.0. The maximum absolute atomic E-state index is 13.9. The Labute approximate surface area is 158 Å². The predicted octanol–water partition coefficient (Wildman–Crippen LogP) is 2.57. The third-order valence-corrected chi connectivity index (χ3v) is 5.75. The molecule has 0 radical (unpaired) electrons. The van der Waals surface area contributed by atoms with Crippen LogP contribution in [0.3, 0.4) is 0 Å². The van der Waals surface area contributed by atoms with Crippen molar-refractivity contribution in [2.24, 2.45) is 0 Å². The van der Waals surface area contributed by atoms with Gasteiger partial charge in [-0.05, 0) is 48.9 Å². The van der Waals surface area contributed by atoms with Crippen LogP contribution in [-0.2, 0) is 14.9 Å². The number of halogens is 1. The van der Waals surface area contributed by atoms with Crippen LogP contribution >= 0.6 is 0 Å². The Morgan fingerprint density at radius 3 is 2.26 bits per heavy atom. The highest BCUT2D eigenvalue weighted by Gasteiger charge is 2.22. The average Bonchev–Trinajstić information content (AvgIpc) is 2.64. The predicted molar refractivity (Wildman–Crippen MR) is 99.9 cm³/mol. The number of rotatable bonds is 4. The quantitative estimate of drug-likeness (QED) is 0.748. The van der Waals surface area contributed by atoms with E-state index in [1.165, 1.54) is 24.3 Å². The maximum Gasteiger partial charge on any atom is 0.342 e. The van der Waals surface area contributed by atoms with Crippen molar-refractivity contribution in [3.05, 3.63) is 53.8 Å². The number of carbonyl (C=O) groups is 1. The molecule has 8 heteroatoms. The summed E-state index contributed by atoms with van der Waals surface area (Å²) >= 11 is 0. The molecule has 1 aliphatic heterocycles. The summed E-state index contributed by atoms with van der Waals surface area (Å²) in [6.45, 7) is 5.93. The highest BCUT2D eigenvalue weighted by molar-refractivity contribution is 7.87. The number of anilines is 1. The molecule has 6 nitrogen and oxygen atoms in total. The van der Waals surface area contributed by atoms with Gasteiger partial charge in [0.15, 0.2) is 0 Å². The molecule has 0 unspecified atom stereocenters. The van der Waals surface area contributed by atoms with Gasteiger partial charge in [0.05, 0.1) is 0 Å². The third kappa shape index (κ3) is 4.39. The van der Waals surface area contributed by atoms with E-state index < -0.39 is 20.8 Å². The lowest BCUT2D eigenvalue weighted by atomic mass is 10.2. The molecule has 1 amide bonds. The number of amides is 1. The minimum absolute atomic E-state index is 0.0620. The Kier molecular flexibility index (Phi) is 5.36. The molecule has 0 saturated carbocycles. The van der Waals surface area contributed by atoms with Crippen molar-refractivity contribution in [1.82, 2.24) is 4.90 Å². The molecule has 27 heavy (non-hydrogen) atoms. The second-order valence-corrected chi connectivity index (χ2v) is 7.97. The molecule has 1 saturated heterocycles. The van der Waals surface area contributed by atoms with Crippen LogP contribution < -0.4 is 9.08 Å². The van der Waals surface area contributed by atoms with Crippen molar-refractivity contribution in [1.29, 1.82) is 0 Å². The highest BCUT2D eigenvalue weighted by atomic mass is 32.2. The van der Waals surface area contributed by atoms with Crippen molar-refractivity contribution < 1.29 is 21.8 Å². The molecule has 1 heterocycles. The van der Waals surface area contributed by atoms with Gasteiger partial charge in [0.2, 0.25) is 5.91 Å². The van der Waals surface area contributed by atoms with Crippen molar-refractivity contribution in [2.45, 2.75) is 18.7 Å². The van der Waals surface area contributed by atoms with E-state index in [1.54, 1.807) is 30.9 Å². The number of hydrogen-bond acceptors (Lipinski definition) is 5. The third-order valence-electron chi connectivity index (χ3n) is 4.49. The van der Waals surface area contributed by atoms with Crippen LogP contribution in [0.1, 0.15) is 12.5 Å². The molecule has 0 atom stereocenters. The van der Waals surface area contributed by atoms with Crippen LogP contribution in [0.25, 0.3) is 0 Å². The smallest absolute Gasteiger partial charge is 0.342 e. The highest BCUT2D eigenvalue weighted by Crippen LogP contribution is 2.25. The molecule has 1 fully saturated rings.